The SMILES string of the molecule is NC(=O)c1ccc2cc(OCCN3CCCCC3)ccc2c1. The van der Waals surface area contributed by atoms with Crippen LogP contribution in [0.4, 0.5) is 0 Å². The van der Waals surface area contributed by atoms with E-state index in [1.807, 2.05) is 30.3 Å². The molecule has 0 aromatic heterocycles. The van der Waals surface area contributed by atoms with Crippen molar-refractivity contribution < 1.29 is 9.53 Å². The van der Waals surface area contributed by atoms with Gasteiger partial charge in [-0.2, -0.15) is 0 Å². The molecule has 0 saturated carbocycles. The van der Waals surface area contributed by atoms with E-state index in [0.717, 1.165) is 23.1 Å². The maximum atomic E-state index is 11.2. The smallest absolute Gasteiger partial charge is 0.248 e. The van der Waals surface area contributed by atoms with Crippen LogP contribution in [0.5, 0.6) is 5.75 Å². The number of ether oxygens (including phenoxy) is 1. The molecule has 0 unspecified atom stereocenters. The van der Waals surface area contributed by atoms with Crippen molar-refractivity contribution in [3.05, 3.63) is 42.0 Å². The number of benzene rings is 2. The Balaban J connectivity index is 1.62. The van der Waals surface area contributed by atoms with Crippen LogP contribution in [0.1, 0.15) is 29.6 Å². The number of carbonyl (C=O) groups excluding carboxylic acids is 1. The van der Waals surface area contributed by atoms with Crippen molar-refractivity contribution in [2.75, 3.05) is 26.2 Å². The first-order chi connectivity index (χ1) is 10.7. The Kier molecular flexibility index (Phi) is 4.59. The van der Waals surface area contributed by atoms with Crippen LogP contribution in [0.2, 0.25) is 0 Å². The van der Waals surface area contributed by atoms with E-state index in [0.29, 0.717) is 12.2 Å². The first kappa shape index (κ1) is 14.9. The van der Waals surface area contributed by atoms with Gasteiger partial charge < -0.3 is 10.5 Å². The van der Waals surface area contributed by atoms with Gasteiger partial charge in [0.1, 0.15) is 12.4 Å². The number of carbonyl (C=O) groups is 1. The third-order valence-corrected chi connectivity index (χ3v) is 4.22. The predicted molar refractivity (Wildman–Crippen MR) is 88.3 cm³/mol. The third kappa shape index (κ3) is 3.57. The number of likely N-dealkylation sites (tertiary alicyclic amines) is 1. The number of piperidine rings is 1. The molecule has 1 aliphatic rings. The van der Waals surface area contributed by atoms with E-state index >= 15 is 0 Å². The van der Waals surface area contributed by atoms with E-state index in [2.05, 4.69) is 4.90 Å². The van der Waals surface area contributed by atoms with Gasteiger partial charge in [0.2, 0.25) is 5.91 Å². The molecule has 1 fully saturated rings. The monoisotopic (exact) mass is 298 g/mol. The molecule has 0 bridgehead atoms. The summed E-state index contributed by atoms with van der Waals surface area (Å²) >= 11 is 0. The molecule has 0 atom stereocenters. The van der Waals surface area contributed by atoms with E-state index in [1.165, 1.54) is 32.4 Å². The predicted octanol–water partition coefficient (Wildman–Crippen LogP) is 2.80. The maximum Gasteiger partial charge on any atom is 0.248 e. The Morgan fingerprint density at radius 1 is 1.05 bits per heavy atom. The number of hydrogen-bond donors (Lipinski definition) is 1. The van der Waals surface area contributed by atoms with Gasteiger partial charge in [-0.1, -0.05) is 18.6 Å². The lowest BCUT2D eigenvalue weighted by Crippen LogP contribution is -2.33. The molecule has 2 aromatic carbocycles. The second kappa shape index (κ2) is 6.79. The minimum atomic E-state index is -0.399. The summed E-state index contributed by atoms with van der Waals surface area (Å²) in [6.45, 7) is 4.08. The summed E-state index contributed by atoms with van der Waals surface area (Å²) in [6, 6.07) is 11.4. The minimum absolute atomic E-state index is 0.399. The third-order valence-electron chi connectivity index (χ3n) is 4.22. The molecule has 3 rings (SSSR count). The molecule has 1 saturated heterocycles. The molecule has 2 N–H and O–H groups in total. The molecule has 1 amide bonds. The van der Waals surface area contributed by atoms with E-state index < -0.39 is 5.91 Å². The number of primary amides is 1. The van der Waals surface area contributed by atoms with Crippen molar-refractivity contribution in [1.29, 1.82) is 0 Å². The van der Waals surface area contributed by atoms with Crippen molar-refractivity contribution >= 4 is 16.7 Å². The van der Waals surface area contributed by atoms with Gasteiger partial charge in [0.05, 0.1) is 0 Å². The summed E-state index contributed by atoms with van der Waals surface area (Å²) in [7, 11) is 0. The molecule has 0 radical (unpaired) electrons. The highest BCUT2D eigenvalue weighted by Crippen LogP contribution is 2.22. The van der Waals surface area contributed by atoms with Gasteiger partial charge in [-0.15, -0.1) is 0 Å². The fourth-order valence-corrected chi connectivity index (χ4v) is 2.94. The van der Waals surface area contributed by atoms with Crippen LogP contribution < -0.4 is 10.5 Å². The molecular formula is C18H22N2O2. The zero-order valence-corrected chi connectivity index (χ0v) is 12.8. The maximum absolute atomic E-state index is 11.2. The van der Waals surface area contributed by atoms with Crippen molar-refractivity contribution in [2.24, 2.45) is 5.73 Å². The first-order valence-corrected chi connectivity index (χ1v) is 7.91. The van der Waals surface area contributed by atoms with Gasteiger partial charge in [-0.05, 0) is 61.0 Å². The number of nitrogens with two attached hydrogens (primary N) is 1. The number of rotatable bonds is 5. The number of amides is 1. The summed E-state index contributed by atoms with van der Waals surface area (Å²) in [5.74, 6) is 0.472. The van der Waals surface area contributed by atoms with Gasteiger partial charge in [0, 0.05) is 12.1 Å². The molecule has 0 spiro atoms. The average Bonchev–Trinajstić information content (AvgIpc) is 2.55. The lowest BCUT2D eigenvalue weighted by molar-refractivity contribution is 0.100. The Bertz CT molecular complexity index is 663. The molecule has 116 valence electrons. The summed E-state index contributed by atoms with van der Waals surface area (Å²) in [5, 5.41) is 2.06. The fourth-order valence-electron chi connectivity index (χ4n) is 2.94. The van der Waals surface area contributed by atoms with Crippen LogP contribution in [0.25, 0.3) is 10.8 Å². The van der Waals surface area contributed by atoms with Crippen molar-refractivity contribution in [3.8, 4) is 5.75 Å². The average molecular weight is 298 g/mol. The molecular weight excluding hydrogens is 276 g/mol. The van der Waals surface area contributed by atoms with Crippen molar-refractivity contribution in [3.63, 3.8) is 0 Å². The molecule has 4 heteroatoms. The summed E-state index contributed by atoms with van der Waals surface area (Å²) in [4.78, 5) is 13.7. The van der Waals surface area contributed by atoms with Crippen molar-refractivity contribution in [2.45, 2.75) is 19.3 Å². The van der Waals surface area contributed by atoms with Gasteiger partial charge in [-0.25, -0.2) is 0 Å². The fraction of sp³-hybridized carbons (Fsp3) is 0.389. The Hall–Kier alpha value is -2.07. The quantitative estimate of drug-likeness (QED) is 0.923. The number of nitrogens with zero attached hydrogens (tertiary/aromatic N) is 1. The highest BCUT2D eigenvalue weighted by molar-refractivity contribution is 5.97. The van der Waals surface area contributed by atoms with Gasteiger partial charge in [-0.3, -0.25) is 9.69 Å². The Morgan fingerprint density at radius 3 is 2.55 bits per heavy atom. The molecule has 4 nitrogen and oxygen atoms in total. The number of fused-ring (bicyclic) bond motifs is 1. The Labute approximate surface area is 130 Å². The van der Waals surface area contributed by atoms with Crippen molar-refractivity contribution in [1.82, 2.24) is 4.90 Å². The highest BCUT2D eigenvalue weighted by Gasteiger charge is 2.09. The van der Waals surface area contributed by atoms with Crippen LogP contribution in [0, 0.1) is 0 Å². The first-order valence-electron chi connectivity index (χ1n) is 7.91. The van der Waals surface area contributed by atoms with E-state index in [9.17, 15) is 4.79 Å². The topological polar surface area (TPSA) is 55.6 Å². The number of hydrogen-bond acceptors (Lipinski definition) is 3. The molecule has 2 aromatic rings. The Morgan fingerprint density at radius 2 is 1.77 bits per heavy atom. The van der Waals surface area contributed by atoms with Gasteiger partial charge >= 0.3 is 0 Å². The highest BCUT2D eigenvalue weighted by atomic mass is 16.5. The molecule has 1 aliphatic heterocycles. The lowest BCUT2D eigenvalue weighted by Gasteiger charge is -2.26. The summed E-state index contributed by atoms with van der Waals surface area (Å²) in [6.07, 6.45) is 3.96. The normalized spacial score (nSPS) is 15.8. The molecule has 1 heterocycles. The van der Waals surface area contributed by atoms with Gasteiger partial charge in [0.15, 0.2) is 0 Å². The van der Waals surface area contributed by atoms with Crippen LogP contribution >= 0.6 is 0 Å². The van der Waals surface area contributed by atoms with Crippen LogP contribution in [0.15, 0.2) is 36.4 Å². The van der Waals surface area contributed by atoms with Crippen LogP contribution in [-0.4, -0.2) is 37.0 Å². The lowest BCUT2D eigenvalue weighted by atomic mass is 10.1. The second-order valence-corrected chi connectivity index (χ2v) is 5.84. The summed E-state index contributed by atoms with van der Waals surface area (Å²) in [5.41, 5.74) is 5.84. The van der Waals surface area contributed by atoms with E-state index in [1.54, 1.807) is 6.07 Å². The molecule has 0 aliphatic carbocycles. The minimum Gasteiger partial charge on any atom is -0.492 e. The van der Waals surface area contributed by atoms with Gasteiger partial charge in [0.25, 0.3) is 0 Å². The van der Waals surface area contributed by atoms with E-state index in [-0.39, 0.29) is 0 Å². The standard InChI is InChI=1S/C18H22N2O2/c19-18(21)16-5-4-15-13-17(7-6-14(15)12-16)22-11-10-20-8-2-1-3-9-20/h4-7,12-13H,1-3,8-11H2,(H2,19,21). The zero-order valence-electron chi connectivity index (χ0n) is 12.8. The van der Waals surface area contributed by atoms with E-state index in [4.69, 9.17) is 10.5 Å². The molecule has 22 heavy (non-hydrogen) atoms. The zero-order chi connectivity index (χ0) is 15.4. The van der Waals surface area contributed by atoms with Crippen LogP contribution in [-0.2, 0) is 0 Å². The second-order valence-electron chi connectivity index (χ2n) is 5.84. The summed E-state index contributed by atoms with van der Waals surface area (Å²) < 4.78 is 5.86. The van der Waals surface area contributed by atoms with Crippen LogP contribution in [0.3, 0.4) is 0 Å². The largest absolute Gasteiger partial charge is 0.492 e.